The first kappa shape index (κ1) is 16.9. The summed E-state index contributed by atoms with van der Waals surface area (Å²) in [5.41, 5.74) is 0.461. The summed E-state index contributed by atoms with van der Waals surface area (Å²) in [5.74, 6) is 0.800. The van der Waals surface area contributed by atoms with Crippen LogP contribution in [-0.4, -0.2) is 50.1 Å². The highest BCUT2D eigenvalue weighted by Crippen LogP contribution is 2.19. The van der Waals surface area contributed by atoms with Crippen molar-refractivity contribution in [3.8, 4) is 0 Å². The molecular formula is C15H34N2. The van der Waals surface area contributed by atoms with E-state index in [1.807, 2.05) is 0 Å². The smallest absolute Gasteiger partial charge is 0.000140 e. The second kappa shape index (κ2) is 8.10. The molecule has 0 aliphatic carbocycles. The lowest BCUT2D eigenvalue weighted by Crippen LogP contribution is -2.30. The van der Waals surface area contributed by atoms with Gasteiger partial charge in [-0.15, -0.1) is 0 Å². The van der Waals surface area contributed by atoms with Crippen molar-refractivity contribution in [2.45, 2.75) is 47.5 Å². The van der Waals surface area contributed by atoms with E-state index in [4.69, 9.17) is 0 Å². The van der Waals surface area contributed by atoms with E-state index in [1.54, 1.807) is 0 Å². The van der Waals surface area contributed by atoms with Gasteiger partial charge in [0.25, 0.3) is 0 Å². The van der Waals surface area contributed by atoms with Crippen molar-refractivity contribution in [3.05, 3.63) is 0 Å². The monoisotopic (exact) mass is 242 g/mol. The Morgan fingerprint density at radius 2 is 1.65 bits per heavy atom. The van der Waals surface area contributed by atoms with Gasteiger partial charge in [0.15, 0.2) is 0 Å². The van der Waals surface area contributed by atoms with Crippen molar-refractivity contribution < 1.29 is 0 Å². The van der Waals surface area contributed by atoms with Gasteiger partial charge in [-0.25, -0.2) is 0 Å². The number of rotatable bonds is 8. The molecule has 2 nitrogen and oxygen atoms in total. The molecule has 0 bridgehead atoms. The average molecular weight is 242 g/mol. The van der Waals surface area contributed by atoms with Crippen LogP contribution in [0.2, 0.25) is 0 Å². The Balaban J connectivity index is 3.82. The highest BCUT2D eigenvalue weighted by atomic mass is 15.1. The average Bonchev–Trinajstić information content (AvgIpc) is 2.15. The van der Waals surface area contributed by atoms with Gasteiger partial charge >= 0.3 is 0 Å². The van der Waals surface area contributed by atoms with Gasteiger partial charge in [0.2, 0.25) is 0 Å². The Morgan fingerprint density at radius 1 is 1.06 bits per heavy atom. The Kier molecular flexibility index (Phi) is 8.06. The van der Waals surface area contributed by atoms with E-state index < -0.39 is 0 Å². The molecule has 0 rings (SSSR count). The van der Waals surface area contributed by atoms with Crippen LogP contribution < -0.4 is 0 Å². The SMILES string of the molecule is CCN(CCC(C)CN(C)C)CCC(C)(C)C. The largest absolute Gasteiger partial charge is 0.309 e. The summed E-state index contributed by atoms with van der Waals surface area (Å²) in [5, 5.41) is 0. The van der Waals surface area contributed by atoms with Gasteiger partial charge in [-0.3, -0.25) is 0 Å². The van der Waals surface area contributed by atoms with Crippen molar-refractivity contribution in [2.75, 3.05) is 40.3 Å². The van der Waals surface area contributed by atoms with Crippen LogP contribution in [0.1, 0.15) is 47.5 Å². The summed E-state index contributed by atoms with van der Waals surface area (Å²) in [6, 6.07) is 0. The van der Waals surface area contributed by atoms with Gasteiger partial charge in [-0.05, 0) is 57.9 Å². The Hall–Kier alpha value is -0.0800. The van der Waals surface area contributed by atoms with E-state index in [0.717, 1.165) is 5.92 Å². The van der Waals surface area contributed by atoms with E-state index in [2.05, 4.69) is 58.5 Å². The van der Waals surface area contributed by atoms with E-state index in [0.29, 0.717) is 5.41 Å². The quantitative estimate of drug-likeness (QED) is 0.644. The van der Waals surface area contributed by atoms with Gasteiger partial charge in [0.05, 0.1) is 0 Å². The third kappa shape index (κ3) is 10.8. The normalized spacial score (nSPS) is 14.6. The summed E-state index contributed by atoms with van der Waals surface area (Å²) in [7, 11) is 4.32. The molecule has 2 heteroatoms. The second-order valence-corrected chi connectivity index (χ2v) is 6.90. The number of hydrogen-bond acceptors (Lipinski definition) is 2. The first-order valence-corrected chi connectivity index (χ1v) is 7.11. The molecular weight excluding hydrogens is 208 g/mol. The molecule has 0 saturated carbocycles. The first-order chi connectivity index (χ1) is 7.74. The predicted molar refractivity (Wildman–Crippen MR) is 78.5 cm³/mol. The van der Waals surface area contributed by atoms with Crippen LogP contribution in [0.5, 0.6) is 0 Å². The molecule has 0 radical (unpaired) electrons. The first-order valence-electron chi connectivity index (χ1n) is 7.11. The van der Waals surface area contributed by atoms with Crippen LogP contribution in [0.15, 0.2) is 0 Å². The van der Waals surface area contributed by atoms with Crippen LogP contribution in [0.3, 0.4) is 0 Å². The molecule has 0 aromatic heterocycles. The third-order valence-corrected chi connectivity index (χ3v) is 3.24. The summed E-state index contributed by atoms with van der Waals surface area (Å²) < 4.78 is 0. The van der Waals surface area contributed by atoms with E-state index >= 15 is 0 Å². The molecule has 1 unspecified atom stereocenters. The van der Waals surface area contributed by atoms with Crippen LogP contribution in [-0.2, 0) is 0 Å². The minimum atomic E-state index is 0.461. The fourth-order valence-electron chi connectivity index (χ4n) is 2.04. The standard InChI is InChI=1S/C15H34N2/c1-8-17(12-10-15(3,4)5)11-9-14(2)13-16(6)7/h14H,8-13H2,1-7H3. The molecule has 0 heterocycles. The van der Waals surface area contributed by atoms with Crippen molar-refractivity contribution in [2.24, 2.45) is 11.3 Å². The zero-order valence-corrected chi connectivity index (χ0v) is 13.2. The summed E-state index contributed by atoms with van der Waals surface area (Å²) in [6.45, 7) is 16.5. The molecule has 0 saturated heterocycles. The maximum atomic E-state index is 2.59. The lowest BCUT2D eigenvalue weighted by atomic mass is 9.92. The van der Waals surface area contributed by atoms with Crippen LogP contribution in [0.4, 0.5) is 0 Å². The zero-order chi connectivity index (χ0) is 13.5. The minimum Gasteiger partial charge on any atom is -0.309 e. The van der Waals surface area contributed by atoms with Crippen LogP contribution >= 0.6 is 0 Å². The van der Waals surface area contributed by atoms with Gasteiger partial charge in [-0.1, -0.05) is 34.6 Å². The van der Waals surface area contributed by atoms with E-state index in [1.165, 1.54) is 39.0 Å². The maximum Gasteiger partial charge on any atom is 0.000140 e. The van der Waals surface area contributed by atoms with Crippen molar-refractivity contribution >= 4 is 0 Å². The van der Waals surface area contributed by atoms with Crippen molar-refractivity contribution in [1.29, 1.82) is 0 Å². The molecule has 0 fully saturated rings. The van der Waals surface area contributed by atoms with Gasteiger partial charge < -0.3 is 9.80 Å². The lowest BCUT2D eigenvalue weighted by molar-refractivity contribution is 0.215. The van der Waals surface area contributed by atoms with Crippen molar-refractivity contribution in [1.82, 2.24) is 9.80 Å². The topological polar surface area (TPSA) is 6.48 Å². The van der Waals surface area contributed by atoms with Crippen LogP contribution in [0, 0.1) is 11.3 Å². The molecule has 1 atom stereocenters. The fourth-order valence-corrected chi connectivity index (χ4v) is 2.04. The highest BCUT2D eigenvalue weighted by Gasteiger charge is 2.13. The fraction of sp³-hybridized carbons (Fsp3) is 1.00. The Bertz CT molecular complexity index is 182. The van der Waals surface area contributed by atoms with E-state index in [-0.39, 0.29) is 0 Å². The number of nitrogens with zero attached hydrogens (tertiary/aromatic N) is 2. The Labute approximate surface area is 109 Å². The second-order valence-electron chi connectivity index (χ2n) is 6.90. The number of hydrogen-bond donors (Lipinski definition) is 0. The minimum absolute atomic E-state index is 0.461. The Morgan fingerprint density at radius 3 is 2.06 bits per heavy atom. The summed E-state index contributed by atoms with van der Waals surface area (Å²) in [4.78, 5) is 4.88. The van der Waals surface area contributed by atoms with Gasteiger partial charge in [0, 0.05) is 6.54 Å². The lowest BCUT2D eigenvalue weighted by Gasteiger charge is -2.27. The maximum absolute atomic E-state index is 2.59. The predicted octanol–water partition coefficient (Wildman–Crippen LogP) is 3.33. The van der Waals surface area contributed by atoms with Crippen molar-refractivity contribution in [3.63, 3.8) is 0 Å². The third-order valence-electron chi connectivity index (χ3n) is 3.24. The highest BCUT2D eigenvalue weighted by molar-refractivity contribution is 4.67. The molecule has 17 heavy (non-hydrogen) atoms. The molecule has 0 aliphatic rings. The van der Waals surface area contributed by atoms with E-state index in [9.17, 15) is 0 Å². The molecule has 0 amide bonds. The molecule has 0 N–H and O–H groups in total. The summed E-state index contributed by atoms with van der Waals surface area (Å²) >= 11 is 0. The zero-order valence-electron chi connectivity index (χ0n) is 13.2. The summed E-state index contributed by atoms with van der Waals surface area (Å²) in [6.07, 6.45) is 2.61. The van der Waals surface area contributed by atoms with Gasteiger partial charge in [-0.2, -0.15) is 0 Å². The van der Waals surface area contributed by atoms with Gasteiger partial charge in [0.1, 0.15) is 0 Å². The molecule has 0 spiro atoms. The molecule has 0 aromatic carbocycles. The molecule has 0 aromatic rings. The molecule has 0 aliphatic heterocycles. The molecule has 104 valence electrons. The van der Waals surface area contributed by atoms with Crippen LogP contribution in [0.25, 0.3) is 0 Å².